The summed E-state index contributed by atoms with van der Waals surface area (Å²) in [5.74, 6) is -0.799. The zero-order valence-electron chi connectivity index (χ0n) is 6.85. The van der Waals surface area contributed by atoms with Gasteiger partial charge in [-0.15, -0.1) is 0 Å². The maximum absolute atomic E-state index is 12.4. The summed E-state index contributed by atoms with van der Waals surface area (Å²) in [6, 6.07) is 7.47. The lowest BCUT2D eigenvalue weighted by Gasteiger charge is -1.89. The van der Waals surface area contributed by atoms with E-state index in [1.807, 2.05) is 0 Å². The monoisotopic (exact) mass is 193 g/mol. The van der Waals surface area contributed by atoms with Crippen LogP contribution in [-0.4, -0.2) is 4.92 Å². The Bertz CT molecular complexity index is 394. The minimum absolute atomic E-state index is 0.484. The summed E-state index contributed by atoms with van der Waals surface area (Å²) >= 11 is 0. The van der Waals surface area contributed by atoms with Crippen molar-refractivity contribution in [2.24, 2.45) is 0 Å². The van der Waals surface area contributed by atoms with Crippen LogP contribution in [0.25, 0.3) is 0 Å². The molecule has 0 bridgehead atoms. The molecule has 0 aromatic heterocycles. The van der Waals surface area contributed by atoms with Crippen LogP contribution in [0.5, 0.6) is 0 Å². The van der Waals surface area contributed by atoms with Crippen molar-refractivity contribution in [3.8, 4) is 12.1 Å². The zero-order chi connectivity index (χ0) is 11.0. The first-order chi connectivity index (χ1) is 6.63. The second-order valence-corrected chi connectivity index (χ2v) is 1.93. The largest absolute Gasteiger partial charge is 0.304 e. The lowest BCUT2D eigenvalue weighted by molar-refractivity contribution is -0.387. The van der Waals surface area contributed by atoms with Crippen molar-refractivity contribution in [2.75, 3.05) is 0 Å². The molecule has 0 aliphatic heterocycles. The van der Waals surface area contributed by atoms with E-state index in [-0.39, 0.29) is 0 Å². The maximum Gasteiger partial charge on any atom is 0.304 e. The lowest BCUT2D eigenvalue weighted by Crippen LogP contribution is -1.90. The summed E-state index contributed by atoms with van der Waals surface area (Å²) in [5, 5.41) is 24.5. The van der Waals surface area contributed by atoms with E-state index < -0.39 is 16.4 Å². The third kappa shape index (κ3) is 3.79. The average molecular weight is 193 g/mol. The quantitative estimate of drug-likeness (QED) is 0.501. The highest BCUT2D eigenvalue weighted by Crippen LogP contribution is 2.14. The molecule has 0 N–H and O–H groups in total. The van der Waals surface area contributed by atoms with Crippen LogP contribution in [0.1, 0.15) is 0 Å². The van der Waals surface area contributed by atoms with Crippen LogP contribution >= 0.6 is 0 Å². The average Bonchev–Trinajstić information content (AvgIpc) is 2.18. The van der Waals surface area contributed by atoms with Crippen LogP contribution in [-0.2, 0) is 0 Å². The number of nitrogens with zero attached hydrogens (tertiary/aromatic N) is 3. The molecule has 0 amide bonds. The number of benzene rings is 1. The van der Waals surface area contributed by atoms with Crippen molar-refractivity contribution in [2.45, 2.75) is 0 Å². The summed E-state index contributed by atoms with van der Waals surface area (Å²) in [5.41, 5.74) is -0.484. The van der Waals surface area contributed by atoms with Gasteiger partial charge in [0.15, 0.2) is 12.1 Å². The fourth-order valence-electron chi connectivity index (χ4n) is 0.600. The highest BCUT2D eigenvalue weighted by molar-refractivity contribution is 5.30. The van der Waals surface area contributed by atoms with Gasteiger partial charge in [-0.1, -0.05) is 12.1 Å². The van der Waals surface area contributed by atoms with Crippen molar-refractivity contribution < 1.29 is 9.31 Å². The van der Waals surface area contributed by atoms with Crippen LogP contribution in [0.3, 0.4) is 0 Å². The summed E-state index contributed by atoms with van der Waals surface area (Å²) in [4.78, 5) is 9.23. The van der Waals surface area contributed by atoms with Crippen LogP contribution in [0.2, 0.25) is 0 Å². The van der Waals surface area contributed by atoms with E-state index in [1.165, 1.54) is 24.3 Å². The van der Waals surface area contributed by atoms with Gasteiger partial charge in [0.1, 0.15) is 0 Å². The number of nitro benzene ring substituents is 1. The SMILES string of the molecule is N#CC#N.O=[N+]([O-])c1ccccc1F. The van der Waals surface area contributed by atoms with Crippen LogP contribution in [0.4, 0.5) is 10.1 Å². The third-order valence-electron chi connectivity index (χ3n) is 1.10. The first-order valence-electron chi connectivity index (χ1n) is 3.30. The molecule has 0 aliphatic rings. The molecule has 70 valence electrons. The van der Waals surface area contributed by atoms with E-state index in [1.54, 1.807) is 0 Å². The van der Waals surface area contributed by atoms with Gasteiger partial charge in [0.25, 0.3) is 0 Å². The highest BCUT2D eigenvalue weighted by atomic mass is 19.1. The first-order valence-corrected chi connectivity index (χ1v) is 3.30. The Labute approximate surface area is 78.8 Å². The van der Waals surface area contributed by atoms with Gasteiger partial charge in [0.2, 0.25) is 5.82 Å². The van der Waals surface area contributed by atoms with Crippen molar-refractivity contribution >= 4 is 5.69 Å². The third-order valence-corrected chi connectivity index (χ3v) is 1.10. The standard InChI is InChI=1S/C6H4FNO2.C2N2/c7-5-3-1-2-4-6(5)8(9)10;3-1-2-4/h1-4H;. The predicted molar refractivity (Wildman–Crippen MR) is 44.3 cm³/mol. The topological polar surface area (TPSA) is 90.7 Å². The Balaban J connectivity index is 0.000000364. The number of halogens is 1. The molecule has 0 unspecified atom stereocenters. The van der Waals surface area contributed by atoms with E-state index in [2.05, 4.69) is 0 Å². The smallest absolute Gasteiger partial charge is 0.258 e. The molecule has 0 aliphatic carbocycles. The molecule has 6 heteroatoms. The van der Waals surface area contributed by atoms with Gasteiger partial charge in [-0.25, -0.2) is 0 Å². The molecule has 1 rings (SSSR count). The van der Waals surface area contributed by atoms with Gasteiger partial charge in [0, 0.05) is 6.07 Å². The molecule has 0 saturated heterocycles. The molecule has 0 radical (unpaired) electrons. The summed E-state index contributed by atoms with van der Waals surface area (Å²) in [6.07, 6.45) is 0. The zero-order valence-corrected chi connectivity index (χ0v) is 6.85. The van der Waals surface area contributed by atoms with Gasteiger partial charge in [-0.2, -0.15) is 14.9 Å². The number of rotatable bonds is 1. The van der Waals surface area contributed by atoms with Crippen molar-refractivity contribution in [1.82, 2.24) is 0 Å². The predicted octanol–water partition coefficient (Wildman–Crippen LogP) is 1.77. The van der Waals surface area contributed by atoms with Crippen LogP contribution in [0, 0.1) is 38.6 Å². The molecule has 0 saturated carbocycles. The molecule has 0 spiro atoms. The van der Waals surface area contributed by atoms with Crippen molar-refractivity contribution in [3.05, 3.63) is 40.2 Å². The first kappa shape index (κ1) is 11.5. The van der Waals surface area contributed by atoms with E-state index in [4.69, 9.17) is 10.5 Å². The summed E-state index contributed by atoms with van der Waals surface area (Å²) < 4.78 is 12.4. The molecule has 1 aromatic rings. The van der Waals surface area contributed by atoms with Gasteiger partial charge in [-0.3, -0.25) is 10.1 Å². The Morgan fingerprint density at radius 3 is 2.07 bits per heavy atom. The van der Waals surface area contributed by atoms with Crippen LogP contribution in [0.15, 0.2) is 24.3 Å². The molecule has 1 aromatic carbocycles. The molecular weight excluding hydrogens is 189 g/mol. The normalized spacial score (nSPS) is 7.36. The van der Waals surface area contributed by atoms with Crippen molar-refractivity contribution in [3.63, 3.8) is 0 Å². The number of hydrogen-bond donors (Lipinski definition) is 0. The Hall–Kier alpha value is -2.47. The lowest BCUT2D eigenvalue weighted by atomic mass is 10.3. The fourth-order valence-corrected chi connectivity index (χ4v) is 0.600. The van der Waals surface area contributed by atoms with Crippen molar-refractivity contribution in [1.29, 1.82) is 10.5 Å². The highest BCUT2D eigenvalue weighted by Gasteiger charge is 2.09. The van der Waals surface area contributed by atoms with E-state index in [9.17, 15) is 14.5 Å². The molecule has 0 heterocycles. The number of nitro groups is 1. The Morgan fingerprint density at radius 2 is 1.79 bits per heavy atom. The Kier molecular flexibility index (Phi) is 5.02. The Morgan fingerprint density at radius 1 is 1.29 bits per heavy atom. The molecule has 0 atom stereocenters. The number of hydrogen-bond acceptors (Lipinski definition) is 4. The van der Waals surface area contributed by atoms with E-state index in [0.717, 1.165) is 12.1 Å². The molecular formula is C8H4FN3O2. The van der Waals surface area contributed by atoms with E-state index >= 15 is 0 Å². The maximum atomic E-state index is 12.4. The number of para-hydroxylation sites is 1. The molecule has 5 nitrogen and oxygen atoms in total. The van der Waals surface area contributed by atoms with Gasteiger partial charge in [0.05, 0.1) is 4.92 Å². The summed E-state index contributed by atoms with van der Waals surface area (Å²) in [7, 11) is 0. The molecule has 0 fully saturated rings. The summed E-state index contributed by atoms with van der Waals surface area (Å²) in [6.45, 7) is 0. The minimum atomic E-state index is -0.799. The second kappa shape index (κ2) is 6.09. The minimum Gasteiger partial charge on any atom is -0.258 e. The van der Waals surface area contributed by atoms with Gasteiger partial charge in [-0.05, 0) is 6.07 Å². The van der Waals surface area contributed by atoms with Gasteiger partial charge >= 0.3 is 5.69 Å². The number of nitriles is 2. The van der Waals surface area contributed by atoms with E-state index in [0.29, 0.717) is 0 Å². The fraction of sp³-hybridized carbons (Fsp3) is 0. The second-order valence-electron chi connectivity index (χ2n) is 1.93. The molecule has 14 heavy (non-hydrogen) atoms. The van der Waals surface area contributed by atoms with Crippen LogP contribution < -0.4 is 0 Å². The van der Waals surface area contributed by atoms with Gasteiger partial charge < -0.3 is 0 Å².